The molecular weight excluding hydrogens is 254 g/mol. The van der Waals surface area contributed by atoms with Gasteiger partial charge in [-0.2, -0.15) is 0 Å². The van der Waals surface area contributed by atoms with E-state index >= 15 is 0 Å². The van der Waals surface area contributed by atoms with E-state index in [9.17, 15) is 13.6 Å². The molecule has 1 fully saturated rings. The van der Waals surface area contributed by atoms with Crippen molar-refractivity contribution in [2.75, 3.05) is 6.54 Å². The SMILES string of the molecule is CCC(OS(=O)[O-])C(=O)N1CCCCC(C)C1C. The van der Waals surface area contributed by atoms with Gasteiger partial charge in [0.15, 0.2) is 6.10 Å². The minimum atomic E-state index is -2.64. The number of rotatable bonds is 4. The summed E-state index contributed by atoms with van der Waals surface area (Å²) >= 11 is -2.64. The Morgan fingerprint density at radius 1 is 1.50 bits per heavy atom. The quantitative estimate of drug-likeness (QED) is 0.731. The zero-order valence-electron chi connectivity index (χ0n) is 11.3. The maximum atomic E-state index is 12.3. The third-order valence-corrected chi connectivity index (χ3v) is 4.14. The highest BCUT2D eigenvalue weighted by molar-refractivity contribution is 7.74. The normalized spacial score (nSPS) is 28.6. The molecule has 0 aromatic heterocycles. The van der Waals surface area contributed by atoms with Crippen LogP contribution in [0.25, 0.3) is 0 Å². The second-order valence-corrected chi connectivity index (χ2v) is 5.54. The van der Waals surface area contributed by atoms with Crippen LogP contribution in [-0.2, 0) is 20.3 Å². The lowest BCUT2D eigenvalue weighted by molar-refractivity contribution is -0.141. The number of likely N-dealkylation sites (tertiary alicyclic amines) is 1. The molecule has 0 radical (unpaired) electrons. The molecule has 1 saturated heterocycles. The second-order valence-electron chi connectivity index (χ2n) is 4.94. The Bertz CT molecular complexity index is 310. The van der Waals surface area contributed by atoms with E-state index in [2.05, 4.69) is 11.1 Å². The molecule has 0 spiro atoms. The lowest BCUT2D eigenvalue weighted by Gasteiger charge is -2.33. The van der Waals surface area contributed by atoms with Gasteiger partial charge in [-0.3, -0.25) is 8.98 Å². The Labute approximate surface area is 111 Å². The third-order valence-electron chi connectivity index (χ3n) is 3.75. The summed E-state index contributed by atoms with van der Waals surface area (Å²) in [5, 5.41) is 0. The van der Waals surface area contributed by atoms with Gasteiger partial charge in [-0.1, -0.05) is 20.3 Å². The summed E-state index contributed by atoms with van der Waals surface area (Å²) in [5.74, 6) is 0.231. The summed E-state index contributed by atoms with van der Waals surface area (Å²) < 4.78 is 25.8. The fourth-order valence-corrected chi connectivity index (χ4v) is 2.78. The molecule has 6 heteroatoms. The molecule has 0 aromatic rings. The lowest BCUT2D eigenvalue weighted by Crippen LogP contribution is -2.47. The zero-order valence-corrected chi connectivity index (χ0v) is 12.1. The van der Waals surface area contributed by atoms with Crippen molar-refractivity contribution in [2.24, 2.45) is 5.92 Å². The number of nitrogens with zero attached hydrogens (tertiary/aromatic N) is 1. The van der Waals surface area contributed by atoms with E-state index in [-0.39, 0.29) is 11.9 Å². The van der Waals surface area contributed by atoms with Gasteiger partial charge in [-0.25, -0.2) is 4.21 Å². The van der Waals surface area contributed by atoms with Crippen LogP contribution >= 0.6 is 0 Å². The first-order valence-electron chi connectivity index (χ1n) is 6.54. The molecule has 4 atom stereocenters. The van der Waals surface area contributed by atoms with Gasteiger partial charge in [-0.05, 0) is 32.1 Å². The molecular formula is C12H22NO4S-. The average Bonchev–Trinajstić information content (AvgIpc) is 2.48. The fraction of sp³-hybridized carbons (Fsp3) is 0.917. The molecule has 1 aliphatic rings. The molecule has 1 heterocycles. The highest BCUT2D eigenvalue weighted by Gasteiger charge is 2.31. The maximum absolute atomic E-state index is 12.3. The minimum Gasteiger partial charge on any atom is -0.750 e. The van der Waals surface area contributed by atoms with E-state index in [1.165, 1.54) is 0 Å². The largest absolute Gasteiger partial charge is 0.750 e. The van der Waals surface area contributed by atoms with E-state index in [1.54, 1.807) is 11.8 Å². The van der Waals surface area contributed by atoms with Gasteiger partial charge in [0.05, 0.1) is 11.4 Å². The van der Waals surface area contributed by atoms with E-state index in [4.69, 9.17) is 0 Å². The molecule has 1 aliphatic heterocycles. The standard InChI is InChI=1S/C12H23NO4S/c1-4-11(17-18(15)16)12(14)13-8-6-5-7-9(2)10(13)3/h9-11H,4-8H2,1-3H3,(H,15,16)/p-1. The van der Waals surface area contributed by atoms with Crippen LogP contribution in [0.15, 0.2) is 0 Å². The van der Waals surface area contributed by atoms with E-state index in [0.29, 0.717) is 18.9 Å². The van der Waals surface area contributed by atoms with Gasteiger partial charge in [0.2, 0.25) is 0 Å². The molecule has 18 heavy (non-hydrogen) atoms. The summed E-state index contributed by atoms with van der Waals surface area (Å²) in [6.07, 6.45) is 2.68. The summed E-state index contributed by atoms with van der Waals surface area (Å²) in [5.41, 5.74) is 0. The van der Waals surface area contributed by atoms with Crippen molar-refractivity contribution < 1.29 is 17.7 Å². The first-order chi connectivity index (χ1) is 8.47. The Hall–Kier alpha value is -0.460. The molecule has 1 amide bonds. The molecule has 106 valence electrons. The molecule has 5 nitrogen and oxygen atoms in total. The van der Waals surface area contributed by atoms with Gasteiger partial charge in [0, 0.05) is 12.6 Å². The summed E-state index contributed by atoms with van der Waals surface area (Å²) in [7, 11) is 0. The molecule has 0 bridgehead atoms. The Kier molecular flexibility index (Phi) is 6.25. The number of carbonyl (C=O) groups excluding carboxylic acids is 1. The minimum absolute atomic E-state index is 0.137. The number of carbonyl (C=O) groups is 1. The van der Waals surface area contributed by atoms with Crippen LogP contribution in [0.5, 0.6) is 0 Å². The van der Waals surface area contributed by atoms with Gasteiger partial charge in [0.1, 0.15) is 0 Å². The van der Waals surface area contributed by atoms with Crippen molar-refractivity contribution in [1.82, 2.24) is 4.90 Å². The first kappa shape index (κ1) is 15.6. The summed E-state index contributed by atoms with van der Waals surface area (Å²) in [6.45, 7) is 6.59. The van der Waals surface area contributed by atoms with Gasteiger partial charge in [0.25, 0.3) is 5.91 Å². The molecule has 0 N–H and O–H groups in total. The van der Waals surface area contributed by atoms with Crippen molar-refractivity contribution in [2.45, 2.75) is 58.6 Å². The van der Waals surface area contributed by atoms with Gasteiger partial charge in [-0.15, -0.1) is 0 Å². The van der Waals surface area contributed by atoms with E-state index < -0.39 is 17.5 Å². The average molecular weight is 276 g/mol. The highest BCUT2D eigenvalue weighted by Crippen LogP contribution is 2.23. The highest BCUT2D eigenvalue weighted by atomic mass is 32.2. The van der Waals surface area contributed by atoms with Crippen molar-refractivity contribution in [1.29, 1.82) is 0 Å². The molecule has 0 saturated carbocycles. The summed E-state index contributed by atoms with van der Waals surface area (Å²) in [4.78, 5) is 14.1. The predicted octanol–water partition coefficient (Wildman–Crippen LogP) is 1.61. The van der Waals surface area contributed by atoms with Crippen LogP contribution in [0.1, 0.15) is 46.5 Å². The van der Waals surface area contributed by atoms with Crippen molar-refractivity contribution >= 4 is 17.3 Å². The Morgan fingerprint density at radius 2 is 2.17 bits per heavy atom. The predicted molar refractivity (Wildman–Crippen MR) is 68.3 cm³/mol. The first-order valence-corrected chi connectivity index (χ1v) is 7.54. The van der Waals surface area contributed by atoms with E-state index in [0.717, 1.165) is 19.3 Å². The van der Waals surface area contributed by atoms with Crippen LogP contribution in [-0.4, -0.2) is 38.3 Å². The van der Waals surface area contributed by atoms with Crippen LogP contribution in [0.3, 0.4) is 0 Å². The second kappa shape index (κ2) is 7.21. The summed E-state index contributed by atoms with van der Waals surface area (Å²) in [6, 6.07) is 0.137. The van der Waals surface area contributed by atoms with Crippen molar-refractivity contribution in [3.05, 3.63) is 0 Å². The topological polar surface area (TPSA) is 69.7 Å². The molecule has 0 aromatic carbocycles. The molecule has 4 unspecified atom stereocenters. The number of amides is 1. The Morgan fingerprint density at radius 3 is 2.72 bits per heavy atom. The van der Waals surface area contributed by atoms with Crippen LogP contribution in [0.4, 0.5) is 0 Å². The van der Waals surface area contributed by atoms with Crippen molar-refractivity contribution in [3.8, 4) is 0 Å². The fourth-order valence-electron chi connectivity index (χ4n) is 2.37. The van der Waals surface area contributed by atoms with E-state index in [1.807, 2.05) is 6.92 Å². The molecule has 1 rings (SSSR count). The van der Waals surface area contributed by atoms with Crippen LogP contribution in [0.2, 0.25) is 0 Å². The Balaban J connectivity index is 2.75. The maximum Gasteiger partial charge on any atom is 0.253 e. The number of hydrogen-bond donors (Lipinski definition) is 0. The third kappa shape index (κ3) is 4.03. The van der Waals surface area contributed by atoms with Gasteiger partial charge >= 0.3 is 0 Å². The van der Waals surface area contributed by atoms with Crippen molar-refractivity contribution in [3.63, 3.8) is 0 Å². The number of hydrogen-bond acceptors (Lipinski definition) is 4. The lowest BCUT2D eigenvalue weighted by atomic mass is 9.98. The van der Waals surface area contributed by atoms with Crippen LogP contribution in [0, 0.1) is 5.92 Å². The van der Waals surface area contributed by atoms with Crippen LogP contribution < -0.4 is 0 Å². The smallest absolute Gasteiger partial charge is 0.253 e. The monoisotopic (exact) mass is 276 g/mol. The van der Waals surface area contributed by atoms with Gasteiger partial charge < -0.3 is 9.45 Å². The zero-order chi connectivity index (χ0) is 13.7. The molecule has 0 aliphatic carbocycles.